The molecular formula is C24H26N2O3. The third kappa shape index (κ3) is 4.57. The Kier molecular flexibility index (Phi) is 5.59. The molecule has 1 amide bonds. The van der Waals surface area contributed by atoms with Crippen molar-refractivity contribution >= 4 is 11.6 Å². The molecule has 1 heterocycles. The molecule has 0 aliphatic heterocycles. The Morgan fingerprint density at radius 2 is 1.72 bits per heavy atom. The number of nitrogens with one attached hydrogen (secondary N) is 2. The van der Waals surface area contributed by atoms with Crippen LogP contribution in [0, 0.1) is 6.92 Å². The number of hydrogen-bond donors (Lipinski definition) is 2. The summed E-state index contributed by atoms with van der Waals surface area (Å²) in [6, 6.07) is 14.9. The predicted octanol–water partition coefficient (Wildman–Crippen LogP) is 4.91. The first-order valence-electron chi connectivity index (χ1n) is 9.48. The van der Waals surface area contributed by atoms with Crippen molar-refractivity contribution in [2.45, 2.75) is 33.1 Å². The third-order valence-electron chi connectivity index (χ3n) is 4.92. The van der Waals surface area contributed by atoms with E-state index in [-0.39, 0.29) is 22.6 Å². The Bertz CT molecular complexity index is 1090. The SMILES string of the molecule is COc1ccc(C)c(-c2c[nH]c(=O)c(NC(=O)c3ccc(C(C)(C)C)cc3)c2)c1. The summed E-state index contributed by atoms with van der Waals surface area (Å²) in [5.41, 5.74) is 4.25. The highest BCUT2D eigenvalue weighted by Crippen LogP contribution is 2.28. The molecule has 150 valence electrons. The van der Waals surface area contributed by atoms with Crippen LogP contribution in [0.3, 0.4) is 0 Å². The summed E-state index contributed by atoms with van der Waals surface area (Å²) in [6.07, 6.45) is 1.64. The van der Waals surface area contributed by atoms with Gasteiger partial charge in [-0.3, -0.25) is 9.59 Å². The normalized spacial score (nSPS) is 11.2. The first-order valence-corrected chi connectivity index (χ1v) is 9.48. The first-order chi connectivity index (χ1) is 13.7. The number of aromatic amines is 1. The lowest BCUT2D eigenvalue weighted by molar-refractivity contribution is 0.102. The molecule has 0 spiro atoms. The van der Waals surface area contributed by atoms with Crippen LogP contribution < -0.4 is 15.6 Å². The van der Waals surface area contributed by atoms with Gasteiger partial charge < -0.3 is 15.0 Å². The van der Waals surface area contributed by atoms with Gasteiger partial charge in [0.05, 0.1) is 7.11 Å². The maximum Gasteiger partial charge on any atom is 0.271 e. The van der Waals surface area contributed by atoms with Gasteiger partial charge in [-0.2, -0.15) is 0 Å². The van der Waals surface area contributed by atoms with E-state index < -0.39 is 0 Å². The number of H-pyrrole nitrogens is 1. The van der Waals surface area contributed by atoms with Gasteiger partial charge in [-0.1, -0.05) is 39.0 Å². The number of benzene rings is 2. The predicted molar refractivity (Wildman–Crippen MR) is 117 cm³/mol. The fourth-order valence-electron chi connectivity index (χ4n) is 3.09. The Balaban J connectivity index is 1.89. The minimum atomic E-state index is -0.353. The van der Waals surface area contributed by atoms with E-state index in [4.69, 9.17) is 4.74 Å². The molecule has 0 saturated heterocycles. The Hall–Kier alpha value is -3.34. The van der Waals surface area contributed by atoms with Crippen molar-refractivity contribution in [2.75, 3.05) is 12.4 Å². The van der Waals surface area contributed by atoms with Crippen LogP contribution >= 0.6 is 0 Å². The highest BCUT2D eigenvalue weighted by Gasteiger charge is 2.15. The second-order valence-electron chi connectivity index (χ2n) is 8.09. The molecule has 2 N–H and O–H groups in total. The van der Waals surface area contributed by atoms with Gasteiger partial charge >= 0.3 is 0 Å². The largest absolute Gasteiger partial charge is 0.497 e. The number of carbonyl (C=O) groups is 1. The van der Waals surface area contributed by atoms with E-state index in [2.05, 4.69) is 31.1 Å². The van der Waals surface area contributed by atoms with Gasteiger partial charge in [0, 0.05) is 17.3 Å². The van der Waals surface area contributed by atoms with Crippen LogP contribution in [0.2, 0.25) is 0 Å². The van der Waals surface area contributed by atoms with Crippen molar-refractivity contribution in [3.05, 3.63) is 81.8 Å². The molecule has 0 unspecified atom stereocenters. The van der Waals surface area contributed by atoms with Crippen molar-refractivity contribution in [3.8, 4) is 16.9 Å². The summed E-state index contributed by atoms with van der Waals surface area (Å²) in [5, 5.41) is 2.73. The Morgan fingerprint density at radius 3 is 2.34 bits per heavy atom. The lowest BCUT2D eigenvalue weighted by Crippen LogP contribution is -2.20. The maximum absolute atomic E-state index is 12.7. The highest BCUT2D eigenvalue weighted by atomic mass is 16.5. The summed E-state index contributed by atoms with van der Waals surface area (Å²) in [4.78, 5) is 27.6. The highest BCUT2D eigenvalue weighted by molar-refractivity contribution is 6.04. The molecule has 3 rings (SSSR count). The molecule has 2 aromatic carbocycles. The van der Waals surface area contributed by atoms with Crippen LogP contribution in [-0.2, 0) is 5.41 Å². The number of methoxy groups -OCH3 is 1. The molecule has 0 aliphatic carbocycles. The topological polar surface area (TPSA) is 71.2 Å². The number of hydrogen-bond acceptors (Lipinski definition) is 3. The maximum atomic E-state index is 12.7. The van der Waals surface area contributed by atoms with Crippen LogP contribution in [-0.4, -0.2) is 18.0 Å². The molecule has 0 aliphatic rings. The molecule has 0 bridgehead atoms. The quantitative estimate of drug-likeness (QED) is 0.665. The second-order valence-corrected chi connectivity index (χ2v) is 8.09. The molecule has 1 aromatic heterocycles. The summed E-state index contributed by atoms with van der Waals surface area (Å²) >= 11 is 0. The van der Waals surface area contributed by atoms with Gasteiger partial charge in [-0.25, -0.2) is 0 Å². The van der Waals surface area contributed by atoms with E-state index in [0.717, 1.165) is 28.0 Å². The van der Waals surface area contributed by atoms with Crippen LogP contribution in [0.5, 0.6) is 5.75 Å². The van der Waals surface area contributed by atoms with Gasteiger partial charge in [-0.05, 0) is 59.4 Å². The molecule has 5 heteroatoms. The number of ether oxygens (including phenoxy) is 1. The van der Waals surface area contributed by atoms with E-state index in [0.29, 0.717) is 5.56 Å². The second kappa shape index (κ2) is 7.95. The van der Waals surface area contributed by atoms with Crippen molar-refractivity contribution in [3.63, 3.8) is 0 Å². The summed E-state index contributed by atoms with van der Waals surface area (Å²) < 4.78 is 5.30. The molecule has 3 aromatic rings. The summed E-state index contributed by atoms with van der Waals surface area (Å²) in [5.74, 6) is 0.400. The van der Waals surface area contributed by atoms with Crippen molar-refractivity contribution < 1.29 is 9.53 Å². The number of pyridine rings is 1. The molecule has 0 atom stereocenters. The van der Waals surface area contributed by atoms with Crippen LogP contribution in [0.1, 0.15) is 42.3 Å². The van der Waals surface area contributed by atoms with Gasteiger partial charge in [0.25, 0.3) is 11.5 Å². The van der Waals surface area contributed by atoms with Gasteiger partial charge in [0.1, 0.15) is 11.4 Å². The number of carbonyl (C=O) groups excluding carboxylic acids is 1. The number of rotatable bonds is 4. The Morgan fingerprint density at radius 1 is 1.03 bits per heavy atom. The van der Waals surface area contributed by atoms with Gasteiger partial charge in [0.2, 0.25) is 0 Å². The number of amides is 1. The van der Waals surface area contributed by atoms with Crippen molar-refractivity contribution in [1.29, 1.82) is 0 Å². The molecule has 0 fully saturated rings. The zero-order valence-electron chi connectivity index (χ0n) is 17.4. The smallest absolute Gasteiger partial charge is 0.271 e. The van der Waals surface area contributed by atoms with E-state index in [9.17, 15) is 9.59 Å². The van der Waals surface area contributed by atoms with E-state index >= 15 is 0 Å². The average Bonchev–Trinajstić information content (AvgIpc) is 2.69. The van der Waals surface area contributed by atoms with E-state index in [1.807, 2.05) is 37.3 Å². The number of aromatic nitrogens is 1. The summed E-state index contributed by atoms with van der Waals surface area (Å²) in [7, 11) is 1.61. The standard InChI is InChI=1S/C24H26N2O3/c1-15-6-11-19(29-5)13-20(15)17-12-21(23(28)25-14-17)26-22(27)16-7-9-18(10-8-16)24(2,3)4/h6-14H,1-5H3,(H,25,28)(H,26,27). The fourth-order valence-corrected chi connectivity index (χ4v) is 3.09. The first kappa shape index (κ1) is 20.4. The number of aryl methyl sites for hydroxylation is 1. The lowest BCUT2D eigenvalue weighted by Gasteiger charge is -2.19. The van der Waals surface area contributed by atoms with Gasteiger partial charge in [-0.15, -0.1) is 0 Å². The molecule has 0 radical (unpaired) electrons. The van der Waals surface area contributed by atoms with Crippen molar-refractivity contribution in [2.24, 2.45) is 0 Å². The Labute approximate surface area is 170 Å². The van der Waals surface area contributed by atoms with Crippen LogP contribution in [0.15, 0.2) is 59.5 Å². The van der Waals surface area contributed by atoms with Gasteiger partial charge in [0.15, 0.2) is 0 Å². The molecule has 29 heavy (non-hydrogen) atoms. The third-order valence-corrected chi connectivity index (χ3v) is 4.92. The van der Waals surface area contributed by atoms with E-state index in [1.165, 1.54) is 0 Å². The van der Waals surface area contributed by atoms with Crippen molar-refractivity contribution in [1.82, 2.24) is 4.98 Å². The molecule has 5 nitrogen and oxygen atoms in total. The average molecular weight is 390 g/mol. The van der Waals surface area contributed by atoms with E-state index in [1.54, 1.807) is 31.5 Å². The zero-order valence-corrected chi connectivity index (χ0v) is 17.4. The van der Waals surface area contributed by atoms with Crippen LogP contribution in [0.25, 0.3) is 11.1 Å². The monoisotopic (exact) mass is 390 g/mol. The molecule has 0 saturated carbocycles. The van der Waals surface area contributed by atoms with Crippen LogP contribution in [0.4, 0.5) is 5.69 Å². The minimum absolute atomic E-state index is 0.00901. The number of anilines is 1. The lowest BCUT2D eigenvalue weighted by atomic mass is 9.87. The minimum Gasteiger partial charge on any atom is -0.497 e. The fraction of sp³-hybridized carbons (Fsp3) is 0.250. The zero-order chi connectivity index (χ0) is 21.2. The summed E-state index contributed by atoms with van der Waals surface area (Å²) in [6.45, 7) is 8.34. The molecular weight excluding hydrogens is 364 g/mol.